The molecule has 13 heteroatoms. The highest BCUT2D eigenvalue weighted by Gasteiger charge is 2.40. The third-order valence-electron chi connectivity index (χ3n) is 11.1. The molecule has 3 aliphatic rings. The van der Waals surface area contributed by atoms with Crippen molar-refractivity contribution < 1.29 is 28.9 Å². The molecule has 3 aromatic carbocycles. The molecule has 5 heterocycles. The van der Waals surface area contributed by atoms with Crippen molar-refractivity contribution >= 4 is 33.8 Å². The molecule has 2 saturated heterocycles. The quantitative estimate of drug-likeness (QED) is 0.121. The van der Waals surface area contributed by atoms with Gasteiger partial charge in [-0.2, -0.15) is 0 Å². The van der Waals surface area contributed by atoms with Crippen LogP contribution in [0.25, 0.3) is 44.2 Å². The Bertz CT molecular complexity index is 2260. The van der Waals surface area contributed by atoms with E-state index in [9.17, 15) is 14.7 Å². The zero-order valence-electron chi connectivity index (χ0n) is 32.6. The van der Waals surface area contributed by atoms with Crippen LogP contribution in [-0.2, 0) is 20.9 Å². The van der Waals surface area contributed by atoms with Crippen LogP contribution in [0.4, 0.5) is 4.79 Å². The zero-order valence-corrected chi connectivity index (χ0v) is 32.6. The first-order valence-corrected chi connectivity index (χ1v) is 19.3. The smallest absolute Gasteiger partial charge is 0.410 e. The summed E-state index contributed by atoms with van der Waals surface area (Å²) in [5.74, 6) is 2.46. The van der Waals surface area contributed by atoms with Gasteiger partial charge in [-0.1, -0.05) is 39.0 Å². The van der Waals surface area contributed by atoms with Crippen molar-refractivity contribution in [3.8, 4) is 28.1 Å². The number of methoxy groups -OCH3 is 1. The second-order valence-corrected chi connectivity index (χ2v) is 16.6. The maximum absolute atomic E-state index is 13.9. The van der Waals surface area contributed by atoms with E-state index < -0.39 is 18.1 Å². The van der Waals surface area contributed by atoms with Crippen molar-refractivity contribution in [1.82, 2.24) is 35.1 Å². The van der Waals surface area contributed by atoms with E-state index in [1.807, 2.05) is 51.8 Å². The Morgan fingerprint density at radius 3 is 2.62 bits per heavy atom. The Labute approximate surface area is 320 Å². The second-order valence-electron chi connectivity index (χ2n) is 16.6. The summed E-state index contributed by atoms with van der Waals surface area (Å²) in [6.07, 6.45) is 2.80. The van der Waals surface area contributed by atoms with Crippen LogP contribution >= 0.6 is 0 Å². The summed E-state index contributed by atoms with van der Waals surface area (Å²) in [6, 6.07) is 13.8. The summed E-state index contributed by atoms with van der Waals surface area (Å²) in [4.78, 5) is 47.3. The minimum atomic E-state index is -1.24. The molecule has 2 amide bonds. The van der Waals surface area contributed by atoms with Gasteiger partial charge in [0.15, 0.2) is 0 Å². The molecular weight excluding hydrogens is 699 g/mol. The van der Waals surface area contributed by atoms with E-state index in [0.717, 1.165) is 86.4 Å². The number of amides is 2. The number of carbonyl (C=O) groups is 2. The van der Waals surface area contributed by atoms with Crippen LogP contribution < -0.4 is 10.1 Å². The third kappa shape index (κ3) is 7.05. The highest BCUT2D eigenvalue weighted by molar-refractivity contribution is 6.07. The molecule has 0 aliphatic carbocycles. The number of benzene rings is 3. The van der Waals surface area contributed by atoms with Gasteiger partial charge in [0, 0.05) is 31.1 Å². The Kier molecular flexibility index (Phi) is 9.59. The second kappa shape index (κ2) is 14.3. The van der Waals surface area contributed by atoms with Gasteiger partial charge in [-0.15, -0.1) is 0 Å². The summed E-state index contributed by atoms with van der Waals surface area (Å²) in [5, 5.41) is 15.1. The van der Waals surface area contributed by atoms with Crippen LogP contribution in [0.2, 0.25) is 0 Å². The fourth-order valence-electron chi connectivity index (χ4n) is 8.38. The number of H-pyrrole nitrogens is 2. The topological polar surface area (TPSA) is 158 Å². The normalized spacial score (nSPS) is 20.9. The van der Waals surface area contributed by atoms with Crippen LogP contribution in [0.1, 0.15) is 90.1 Å². The van der Waals surface area contributed by atoms with Crippen molar-refractivity contribution in [3.05, 3.63) is 65.9 Å². The summed E-state index contributed by atoms with van der Waals surface area (Å²) >= 11 is 0. The molecular formula is C42H51N7O6. The molecule has 3 aliphatic heterocycles. The fraction of sp³-hybridized carbons (Fsp3) is 0.476. The molecule has 2 aromatic heterocycles. The van der Waals surface area contributed by atoms with Crippen LogP contribution in [0.5, 0.6) is 5.75 Å². The van der Waals surface area contributed by atoms with Gasteiger partial charge in [-0.3, -0.25) is 15.0 Å². The molecule has 5 atom stereocenters. The number of likely N-dealkylation sites (tertiary alicyclic amines) is 2. The molecule has 0 spiro atoms. The van der Waals surface area contributed by atoms with Gasteiger partial charge in [-0.05, 0) is 98.2 Å². The number of nitrogens with zero attached hydrogens (tertiary/aromatic N) is 4. The number of ether oxygens (including phenoxy) is 3. The first-order chi connectivity index (χ1) is 26.3. The number of rotatable bonds is 8. The number of imidazole rings is 2. The van der Waals surface area contributed by atoms with E-state index in [2.05, 4.69) is 58.6 Å². The Morgan fingerprint density at radius 1 is 1.04 bits per heavy atom. The Hall–Kier alpha value is -4.98. The van der Waals surface area contributed by atoms with Crippen molar-refractivity contribution in [1.29, 1.82) is 0 Å². The molecule has 0 bridgehead atoms. The maximum atomic E-state index is 13.9. The molecule has 290 valence electrons. The molecule has 4 N–H and O–H groups in total. The van der Waals surface area contributed by atoms with Gasteiger partial charge >= 0.3 is 6.09 Å². The average Bonchev–Trinajstić information content (AvgIpc) is 3.97. The molecule has 1 unspecified atom stereocenters. The largest absolute Gasteiger partial charge is 0.488 e. The molecule has 8 rings (SSSR count). The van der Waals surface area contributed by atoms with Gasteiger partial charge in [0.05, 0.1) is 41.0 Å². The maximum Gasteiger partial charge on any atom is 0.410 e. The first-order valence-electron chi connectivity index (χ1n) is 19.3. The van der Waals surface area contributed by atoms with E-state index in [0.29, 0.717) is 19.7 Å². The van der Waals surface area contributed by atoms with Gasteiger partial charge in [0.25, 0.3) is 0 Å². The molecule has 2 fully saturated rings. The summed E-state index contributed by atoms with van der Waals surface area (Å²) in [7, 11) is 1.40. The van der Waals surface area contributed by atoms with Gasteiger partial charge in [0.1, 0.15) is 29.6 Å². The van der Waals surface area contributed by atoms with E-state index in [1.54, 1.807) is 4.90 Å². The monoisotopic (exact) mass is 749 g/mol. The molecule has 55 heavy (non-hydrogen) atoms. The highest BCUT2D eigenvalue weighted by atomic mass is 16.6. The molecule has 0 radical (unpaired) electrons. The van der Waals surface area contributed by atoms with Crippen LogP contribution in [0.15, 0.2) is 48.7 Å². The van der Waals surface area contributed by atoms with E-state index in [4.69, 9.17) is 24.2 Å². The molecule has 5 aromatic rings. The minimum absolute atomic E-state index is 0.0602. The lowest BCUT2D eigenvalue weighted by Gasteiger charge is -2.31. The average molecular weight is 750 g/mol. The number of fused-ring (bicyclic) bond motifs is 6. The lowest BCUT2D eigenvalue weighted by molar-refractivity contribution is -0.145. The van der Waals surface area contributed by atoms with Gasteiger partial charge < -0.3 is 34.2 Å². The predicted octanol–water partition coefficient (Wildman–Crippen LogP) is 7.18. The molecule has 0 saturated carbocycles. The summed E-state index contributed by atoms with van der Waals surface area (Å²) in [5.41, 5.74) is 6.27. The fourth-order valence-corrected chi connectivity index (χ4v) is 8.38. The third-order valence-corrected chi connectivity index (χ3v) is 11.1. The van der Waals surface area contributed by atoms with Gasteiger partial charge in [0.2, 0.25) is 12.3 Å². The summed E-state index contributed by atoms with van der Waals surface area (Å²) in [6.45, 7) is 13.4. The number of nitrogens with one attached hydrogen (secondary N) is 3. The lowest BCUT2D eigenvalue weighted by atomic mass is 9.92. The predicted molar refractivity (Wildman–Crippen MR) is 209 cm³/mol. The van der Waals surface area contributed by atoms with Crippen LogP contribution in [0, 0.1) is 11.8 Å². The number of aromatic amines is 2. The first kappa shape index (κ1) is 37.0. The number of hydrogen-bond acceptors (Lipinski definition) is 9. The number of aromatic nitrogens is 4. The standard InChI is InChI=1S/C42H51N7O6/c1-22(2)35(47-40(51)53-7)39(50)49-20-23(3)15-33(49)38-44-30-13-11-24-17-29-27-12-10-25(16-26(27)21-54-34(29)18-28(24)36(30)46-38)31-19-43-37(45-31)32-9-8-14-48(32)41(52)55-42(4,5)6/h10-13,16-19,22-23,32-33,35,40,47,51H,8-9,14-15,20-21H2,1-7H3,(H,43,45)(H,44,46)/t23-,32-,33-,35-,40?/m0/s1. The van der Waals surface area contributed by atoms with Crippen LogP contribution in [-0.4, -0.2) is 85.1 Å². The summed E-state index contributed by atoms with van der Waals surface area (Å²) < 4.78 is 17.1. The Balaban J connectivity index is 1.05. The van der Waals surface area contributed by atoms with Crippen molar-refractivity contribution in [2.24, 2.45) is 11.8 Å². The van der Waals surface area contributed by atoms with E-state index in [1.165, 1.54) is 7.11 Å². The number of carbonyl (C=O) groups excluding carboxylic acids is 2. The van der Waals surface area contributed by atoms with Crippen molar-refractivity contribution in [2.45, 2.75) is 97.6 Å². The van der Waals surface area contributed by atoms with Crippen LogP contribution in [0.3, 0.4) is 0 Å². The SMILES string of the molecule is COC(O)N[C@H](C(=O)N1C[C@@H](C)C[C@H]1c1nc2ccc3cc4c(cc3c2[nH]1)OCc1cc(-c2cnc([C@@H]3CCCN3C(=O)OC(C)(C)C)[nH]2)ccc1-4)C(C)C. The Morgan fingerprint density at radius 2 is 1.85 bits per heavy atom. The number of hydrogen-bond donors (Lipinski definition) is 4. The number of aliphatic hydroxyl groups is 1. The van der Waals surface area contributed by atoms with E-state index in [-0.39, 0.29) is 35.9 Å². The van der Waals surface area contributed by atoms with Crippen molar-refractivity contribution in [3.63, 3.8) is 0 Å². The zero-order chi connectivity index (χ0) is 38.8. The molecule has 13 nitrogen and oxygen atoms in total. The lowest BCUT2D eigenvalue weighted by Crippen LogP contribution is -2.53. The highest BCUT2D eigenvalue weighted by Crippen LogP contribution is 2.44. The number of aliphatic hydroxyl groups excluding tert-OH is 1. The van der Waals surface area contributed by atoms with E-state index >= 15 is 0 Å². The minimum Gasteiger partial charge on any atom is -0.488 e. The van der Waals surface area contributed by atoms with Crippen molar-refractivity contribution in [2.75, 3.05) is 20.2 Å². The van der Waals surface area contributed by atoms with Gasteiger partial charge in [-0.25, -0.2) is 14.8 Å².